The minimum Gasteiger partial charge on any atom is -0.497 e. The van der Waals surface area contributed by atoms with Crippen molar-refractivity contribution in [2.45, 2.75) is 19.9 Å². The van der Waals surface area contributed by atoms with Crippen molar-refractivity contribution < 1.29 is 9.47 Å². The summed E-state index contributed by atoms with van der Waals surface area (Å²) in [6.45, 7) is 4.14. The van der Waals surface area contributed by atoms with E-state index in [1.165, 1.54) is 5.56 Å². The number of rotatable bonds is 7. The molecule has 0 aromatic heterocycles. The van der Waals surface area contributed by atoms with Gasteiger partial charge in [0.15, 0.2) is 0 Å². The Morgan fingerprint density at radius 2 is 1.48 bits per heavy atom. The van der Waals surface area contributed by atoms with Crippen molar-refractivity contribution in [2.24, 2.45) is 0 Å². The van der Waals surface area contributed by atoms with Crippen LogP contribution in [0.2, 0.25) is 0 Å². The van der Waals surface area contributed by atoms with E-state index >= 15 is 0 Å². The van der Waals surface area contributed by atoms with Crippen molar-refractivity contribution in [3.05, 3.63) is 48.0 Å². The topological polar surface area (TPSA) is 30.5 Å². The smallest absolute Gasteiger partial charge is 0.123 e. The van der Waals surface area contributed by atoms with Gasteiger partial charge in [0.1, 0.15) is 11.5 Å². The number of hydrogen-bond donors (Lipinski definition) is 1. The zero-order valence-corrected chi connectivity index (χ0v) is 13.0. The summed E-state index contributed by atoms with van der Waals surface area (Å²) in [5.41, 5.74) is 3.55. The van der Waals surface area contributed by atoms with Gasteiger partial charge in [-0.3, -0.25) is 0 Å². The molecule has 2 rings (SSSR count). The van der Waals surface area contributed by atoms with E-state index in [0.717, 1.165) is 42.1 Å². The number of nitrogens with one attached hydrogen (secondary N) is 1. The highest BCUT2D eigenvalue weighted by molar-refractivity contribution is 5.67. The molecule has 0 aliphatic carbocycles. The molecule has 0 saturated carbocycles. The third kappa shape index (κ3) is 4.23. The summed E-state index contributed by atoms with van der Waals surface area (Å²) in [5.74, 6) is 1.61. The van der Waals surface area contributed by atoms with Gasteiger partial charge in [-0.05, 0) is 41.8 Å². The van der Waals surface area contributed by atoms with Crippen LogP contribution >= 0.6 is 0 Å². The number of benzene rings is 2. The second-order valence-electron chi connectivity index (χ2n) is 4.98. The standard InChI is InChI=1S/C18H23NO2/c1-4-9-19-13-14-5-7-15(8-6-14)16-10-17(20-2)12-18(11-16)21-3/h5-8,10-12,19H,4,9,13H2,1-3H3. The molecule has 0 unspecified atom stereocenters. The van der Waals surface area contributed by atoms with E-state index in [9.17, 15) is 0 Å². The van der Waals surface area contributed by atoms with Crippen LogP contribution in [0.15, 0.2) is 42.5 Å². The highest BCUT2D eigenvalue weighted by Crippen LogP contribution is 2.29. The quantitative estimate of drug-likeness (QED) is 0.783. The number of methoxy groups -OCH3 is 2. The molecule has 0 aliphatic heterocycles. The lowest BCUT2D eigenvalue weighted by Gasteiger charge is -2.09. The largest absolute Gasteiger partial charge is 0.497 e. The summed E-state index contributed by atoms with van der Waals surface area (Å²) in [7, 11) is 3.34. The molecule has 112 valence electrons. The van der Waals surface area contributed by atoms with E-state index in [4.69, 9.17) is 9.47 Å². The van der Waals surface area contributed by atoms with Crippen LogP contribution in [0.5, 0.6) is 11.5 Å². The molecule has 0 amide bonds. The predicted molar refractivity (Wildman–Crippen MR) is 87.0 cm³/mol. The van der Waals surface area contributed by atoms with Crippen LogP contribution in [0.4, 0.5) is 0 Å². The summed E-state index contributed by atoms with van der Waals surface area (Å²) >= 11 is 0. The maximum atomic E-state index is 5.32. The molecule has 0 saturated heterocycles. The first-order valence-corrected chi connectivity index (χ1v) is 7.30. The summed E-state index contributed by atoms with van der Waals surface area (Å²) in [6.07, 6.45) is 1.15. The van der Waals surface area contributed by atoms with Gasteiger partial charge in [0, 0.05) is 12.6 Å². The van der Waals surface area contributed by atoms with Crippen LogP contribution in [-0.4, -0.2) is 20.8 Å². The Kier molecular flexibility index (Phi) is 5.64. The molecule has 21 heavy (non-hydrogen) atoms. The molecule has 0 fully saturated rings. The van der Waals surface area contributed by atoms with Gasteiger partial charge in [0.2, 0.25) is 0 Å². The third-order valence-corrected chi connectivity index (χ3v) is 3.39. The molecular formula is C18H23NO2. The summed E-state index contributed by atoms with van der Waals surface area (Å²) < 4.78 is 10.6. The van der Waals surface area contributed by atoms with E-state index in [1.54, 1.807) is 14.2 Å². The number of hydrogen-bond acceptors (Lipinski definition) is 3. The second-order valence-corrected chi connectivity index (χ2v) is 4.98. The van der Waals surface area contributed by atoms with Gasteiger partial charge < -0.3 is 14.8 Å². The highest BCUT2D eigenvalue weighted by atomic mass is 16.5. The maximum absolute atomic E-state index is 5.32. The van der Waals surface area contributed by atoms with Crippen LogP contribution in [0, 0.1) is 0 Å². The monoisotopic (exact) mass is 285 g/mol. The van der Waals surface area contributed by atoms with Gasteiger partial charge in [0.05, 0.1) is 14.2 Å². The van der Waals surface area contributed by atoms with E-state index < -0.39 is 0 Å². The van der Waals surface area contributed by atoms with Crippen molar-refractivity contribution in [3.8, 4) is 22.6 Å². The Labute approximate surface area is 126 Å². The summed E-state index contributed by atoms with van der Waals surface area (Å²) in [4.78, 5) is 0. The zero-order valence-electron chi connectivity index (χ0n) is 13.0. The fraction of sp³-hybridized carbons (Fsp3) is 0.333. The maximum Gasteiger partial charge on any atom is 0.123 e. The first kappa shape index (κ1) is 15.4. The predicted octanol–water partition coefficient (Wildman–Crippen LogP) is 3.87. The van der Waals surface area contributed by atoms with Crippen LogP contribution < -0.4 is 14.8 Å². The van der Waals surface area contributed by atoms with Crippen molar-refractivity contribution in [1.82, 2.24) is 5.32 Å². The molecule has 2 aromatic carbocycles. The molecule has 3 heteroatoms. The van der Waals surface area contributed by atoms with Crippen LogP contribution in [-0.2, 0) is 6.54 Å². The van der Waals surface area contributed by atoms with Gasteiger partial charge in [0.25, 0.3) is 0 Å². The fourth-order valence-electron chi connectivity index (χ4n) is 2.20. The minimum absolute atomic E-state index is 0.804. The van der Waals surface area contributed by atoms with E-state index in [1.807, 2.05) is 18.2 Å². The average molecular weight is 285 g/mol. The molecular weight excluding hydrogens is 262 g/mol. The lowest BCUT2D eigenvalue weighted by molar-refractivity contribution is 0.394. The third-order valence-electron chi connectivity index (χ3n) is 3.39. The first-order valence-electron chi connectivity index (χ1n) is 7.30. The Morgan fingerprint density at radius 3 is 2.00 bits per heavy atom. The lowest BCUT2D eigenvalue weighted by Crippen LogP contribution is -2.13. The molecule has 0 spiro atoms. The molecule has 0 aliphatic rings. The molecule has 0 atom stereocenters. The van der Waals surface area contributed by atoms with Crippen molar-refractivity contribution in [3.63, 3.8) is 0 Å². The first-order chi connectivity index (χ1) is 10.3. The minimum atomic E-state index is 0.804. The van der Waals surface area contributed by atoms with E-state index in [-0.39, 0.29) is 0 Å². The van der Waals surface area contributed by atoms with Crippen molar-refractivity contribution >= 4 is 0 Å². The van der Waals surface area contributed by atoms with E-state index in [0.29, 0.717) is 0 Å². The highest BCUT2D eigenvalue weighted by Gasteiger charge is 2.04. The molecule has 2 aromatic rings. The van der Waals surface area contributed by atoms with Gasteiger partial charge in [-0.25, -0.2) is 0 Å². The molecule has 3 nitrogen and oxygen atoms in total. The Balaban J connectivity index is 2.18. The van der Waals surface area contributed by atoms with Gasteiger partial charge >= 0.3 is 0 Å². The normalized spacial score (nSPS) is 10.4. The molecule has 0 heterocycles. The summed E-state index contributed by atoms with van der Waals surface area (Å²) in [6, 6.07) is 14.5. The Hall–Kier alpha value is -2.00. The van der Waals surface area contributed by atoms with E-state index in [2.05, 4.69) is 36.5 Å². The van der Waals surface area contributed by atoms with Crippen molar-refractivity contribution in [2.75, 3.05) is 20.8 Å². The molecule has 0 bridgehead atoms. The zero-order chi connectivity index (χ0) is 15.1. The Bertz CT molecular complexity index is 542. The van der Waals surface area contributed by atoms with Crippen LogP contribution in [0.1, 0.15) is 18.9 Å². The van der Waals surface area contributed by atoms with Gasteiger partial charge in [-0.15, -0.1) is 0 Å². The SMILES string of the molecule is CCCNCc1ccc(-c2cc(OC)cc(OC)c2)cc1. The summed E-state index contributed by atoms with van der Waals surface area (Å²) in [5, 5.41) is 3.41. The van der Waals surface area contributed by atoms with Crippen molar-refractivity contribution in [1.29, 1.82) is 0 Å². The Morgan fingerprint density at radius 1 is 0.857 bits per heavy atom. The molecule has 0 radical (unpaired) electrons. The molecule has 1 N–H and O–H groups in total. The van der Waals surface area contributed by atoms with Gasteiger partial charge in [-0.1, -0.05) is 31.2 Å². The van der Waals surface area contributed by atoms with Crippen LogP contribution in [0.3, 0.4) is 0 Å². The lowest BCUT2D eigenvalue weighted by atomic mass is 10.0. The number of ether oxygens (including phenoxy) is 2. The van der Waals surface area contributed by atoms with Gasteiger partial charge in [-0.2, -0.15) is 0 Å². The second kappa shape index (κ2) is 7.70. The fourth-order valence-corrected chi connectivity index (χ4v) is 2.20. The average Bonchev–Trinajstić information content (AvgIpc) is 2.55. The van der Waals surface area contributed by atoms with Crippen LogP contribution in [0.25, 0.3) is 11.1 Å².